The van der Waals surface area contributed by atoms with Gasteiger partial charge in [-0.25, -0.2) is 0 Å². The van der Waals surface area contributed by atoms with Crippen molar-refractivity contribution in [2.45, 2.75) is 70.0 Å². The van der Waals surface area contributed by atoms with Gasteiger partial charge in [-0.2, -0.15) is 13.2 Å². The van der Waals surface area contributed by atoms with Crippen molar-refractivity contribution in [2.24, 2.45) is 5.92 Å². The van der Waals surface area contributed by atoms with Gasteiger partial charge in [0.15, 0.2) is 0 Å². The van der Waals surface area contributed by atoms with E-state index < -0.39 is 12.6 Å². The first-order chi connectivity index (χ1) is 14.3. The molecule has 0 spiro atoms. The zero-order chi connectivity index (χ0) is 21.6. The van der Waals surface area contributed by atoms with Gasteiger partial charge in [0.2, 0.25) is 5.91 Å². The summed E-state index contributed by atoms with van der Waals surface area (Å²) in [6.07, 6.45) is 7.56. The largest absolute Gasteiger partial charge is 0.389 e. The fourth-order valence-electron chi connectivity index (χ4n) is 4.18. The second kappa shape index (κ2) is 10.5. The summed E-state index contributed by atoms with van der Waals surface area (Å²) < 4.78 is 37.8. The molecule has 168 valence electrons. The molecule has 3 rings (SSSR count). The molecule has 7 heteroatoms. The lowest BCUT2D eigenvalue weighted by Crippen LogP contribution is -2.44. The fraction of sp³-hybridized carbons (Fsp3) is 0.696. The van der Waals surface area contributed by atoms with E-state index in [0.29, 0.717) is 25.6 Å². The molecule has 0 aromatic carbocycles. The van der Waals surface area contributed by atoms with Crippen LogP contribution in [0.2, 0.25) is 0 Å². The molecule has 1 atom stereocenters. The maximum atomic E-state index is 13.2. The van der Waals surface area contributed by atoms with E-state index in [2.05, 4.69) is 24.0 Å². The summed E-state index contributed by atoms with van der Waals surface area (Å²) in [4.78, 5) is 17.1. The number of hydrogen-bond acceptors (Lipinski definition) is 3. The molecule has 0 radical (unpaired) electrons. The Bertz CT molecular complexity index is 661. The molecule has 1 aliphatic carbocycles. The smallest absolute Gasteiger partial charge is 0.352 e. The van der Waals surface area contributed by atoms with Crippen LogP contribution in [-0.2, 0) is 4.79 Å². The van der Waals surface area contributed by atoms with E-state index in [9.17, 15) is 18.0 Å². The SMILES string of the molecule is C=C1CC/C=C\C/C(CN(C(=O)[C@@H]2CCCNC2)C2CC2)=C\N1CCCC(F)(F)F. The molecule has 2 aliphatic heterocycles. The average molecular weight is 426 g/mol. The van der Waals surface area contributed by atoms with Gasteiger partial charge in [0.25, 0.3) is 0 Å². The minimum atomic E-state index is -4.14. The highest BCUT2D eigenvalue weighted by Crippen LogP contribution is 2.31. The van der Waals surface area contributed by atoms with Crippen molar-refractivity contribution in [2.75, 3.05) is 26.2 Å². The van der Waals surface area contributed by atoms with Crippen LogP contribution in [0.3, 0.4) is 0 Å². The van der Waals surface area contributed by atoms with E-state index in [1.54, 1.807) is 0 Å². The molecule has 2 fully saturated rings. The third-order valence-electron chi connectivity index (χ3n) is 6.04. The van der Waals surface area contributed by atoms with Crippen molar-refractivity contribution in [3.63, 3.8) is 0 Å². The molecular formula is C23H34F3N3O. The molecule has 4 nitrogen and oxygen atoms in total. The van der Waals surface area contributed by atoms with Crippen LogP contribution in [0.25, 0.3) is 0 Å². The van der Waals surface area contributed by atoms with Gasteiger partial charge in [-0.05, 0) is 63.5 Å². The molecule has 1 N–H and O–H groups in total. The number of halogens is 3. The Morgan fingerprint density at radius 2 is 2.07 bits per heavy atom. The van der Waals surface area contributed by atoms with E-state index in [0.717, 1.165) is 62.9 Å². The summed E-state index contributed by atoms with van der Waals surface area (Å²) in [5.41, 5.74) is 1.90. The zero-order valence-electron chi connectivity index (χ0n) is 17.7. The first kappa shape index (κ1) is 22.9. The lowest BCUT2D eigenvalue weighted by Gasteiger charge is -2.31. The van der Waals surface area contributed by atoms with Crippen LogP contribution in [0.4, 0.5) is 13.2 Å². The van der Waals surface area contributed by atoms with Crippen molar-refractivity contribution >= 4 is 5.91 Å². The fourth-order valence-corrected chi connectivity index (χ4v) is 4.18. The van der Waals surface area contributed by atoms with Gasteiger partial charge in [0, 0.05) is 44.0 Å². The number of allylic oxidation sites excluding steroid dienone is 3. The highest BCUT2D eigenvalue weighted by Gasteiger charge is 2.36. The van der Waals surface area contributed by atoms with E-state index in [1.807, 2.05) is 16.0 Å². The van der Waals surface area contributed by atoms with Crippen LogP contribution in [0, 0.1) is 5.92 Å². The summed E-state index contributed by atoms with van der Waals surface area (Å²) in [6.45, 7) is 6.66. The summed E-state index contributed by atoms with van der Waals surface area (Å²) in [6, 6.07) is 0.304. The number of nitrogens with zero attached hydrogens (tertiary/aromatic N) is 2. The van der Waals surface area contributed by atoms with E-state index >= 15 is 0 Å². The highest BCUT2D eigenvalue weighted by atomic mass is 19.4. The third-order valence-corrected chi connectivity index (χ3v) is 6.04. The summed E-state index contributed by atoms with van der Waals surface area (Å²) >= 11 is 0. The molecule has 1 amide bonds. The Morgan fingerprint density at radius 3 is 2.73 bits per heavy atom. The number of carbonyl (C=O) groups excluding carboxylic acids is 1. The van der Waals surface area contributed by atoms with Gasteiger partial charge < -0.3 is 15.1 Å². The number of carbonyl (C=O) groups is 1. The van der Waals surface area contributed by atoms with E-state index in [4.69, 9.17) is 0 Å². The monoisotopic (exact) mass is 425 g/mol. The topological polar surface area (TPSA) is 35.6 Å². The van der Waals surface area contributed by atoms with Crippen molar-refractivity contribution < 1.29 is 18.0 Å². The Morgan fingerprint density at radius 1 is 1.27 bits per heavy atom. The number of alkyl halides is 3. The normalized spacial score (nSPS) is 26.2. The third kappa shape index (κ3) is 7.18. The number of hydrogen-bond donors (Lipinski definition) is 1. The molecule has 30 heavy (non-hydrogen) atoms. The van der Waals surface area contributed by atoms with Gasteiger partial charge in [-0.3, -0.25) is 4.79 Å². The lowest BCUT2D eigenvalue weighted by molar-refractivity contribution is -0.137. The van der Waals surface area contributed by atoms with Gasteiger partial charge in [-0.15, -0.1) is 0 Å². The van der Waals surface area contributed by atoms with Crippen molar-refractivity contribution in [1.82, 2.24) is 15.1 Å². The lowest BCUT2D eigenvalue weighted by atomic mass is 9.97. The van der Waals surface area contributed by atoms with Crippen molar-refractivity contribution in [3.8, 4) is 0 Å². The molecule has 3 aliphatic rings. The first-order valence-electron chi connectivity index (χ1n) is 11.2. The molecular weight excluding hydrogens is 391 g/mol. The molecule has 1 saturated carbocycles. The van der Waals surface area contributed by atoms with Gasteiger partial charge in [-0.1, -0.05) is 18.7 Å². The second-order valence-corrected chi connectivity index (χ2v) is 8.72. The molecule has 0 unspecified atom stereocenters. The predicted molar refractivity (Wildman–Crippen MR) is 113 cm³/mol. The Kier molecular flexibility index (Phi) is 8.03. The second-order valence-electron chi connectivity index (χ2n) is 8.72. The van der Waals surface area contributed by atoms with Gasteiger partial charge in [0.05, 0.1) is 5.92 Å². The number of amides is 1. The van der Waals surface area contributed by atoms with E-state index in [-0.39, 0.29) is 18.2 Å². The minimum absolute atomic E-state index is 0.0321. The van der Waals surface area contributed by atoms with Crippen molar-refractivity contribution in [1.29, 1.82) is 0 Å². The molecule has 0 aromatic heterocycles. The maximum absolute atomic E-state index is 13.2. The van der Waals surface area contributed by atoms with Crippen LogP contribution in [-0.4, -0.2) is 54.1 Å². The van der Waals surface area contributed by atoms with Crippen LogP contribution in [0.15, 0.2) is 36.2 Å². The number of rotatable bonds is 7. The Balaban J connectivity index is 1.71. The number of piperidine rings is 1. The van der Waals surface area contributed by atoms with Crippen molar-refractivity contribution in [3.05, 3.63) is 36.2 Å². The first-order valence-corrected chi connectivity index (χ1v) is 11.2. The van der Waals surface area contributed by atoms with E-state index in [1.165, 1.54) is 0 Å². The summed E-state index contributed by atoms with van der Waals surface area (Å²) in [5.74, 6) is 0.251. The molecule has 0 aromatic rings. The minimum Gasteiger partial charge on any atom is -0.352 e. The maximum Gasteiger partial charge on any atom is 0.389 e. The van der Waals surface area contributed by atoms with Crippen LogP contribution in [0.5, 0.6) is 0 Å². The summed E-state index contributed by atoms with van der Waals surface area (Å²) in [7, 11) is 0. The van der Waals surface area contributed by atoms with Crippen LogP contribution in [0.1, 0.15) is 57.8 Å². The van der Waals surface area contributed by atoms with Crippen LogP contribution >= 0.6 is 0 Å². The van der Waals surface area contributed by atoms with Gasteiger partial charge in [0.1, 0.15) is 0 Å². The van der Waals surface area contributed by atoms with Gasteiger partial charge >= 0.3 is 6.18 Å². The van der Waals surface area contributed by atoms with Crippen LogP contribution < -0.4 is 5.32 Å². The average Bonchev–Trinajstić information content (AvgIpc) is 3.53. The zero-order valence-corrected chi connectivity index (χ0v) is 17.7. The summed E-state index contributed by atoms with van der Waals surface area (Å²) in [5, 5.41) is 3.32. The molecule has 2 heterocycles. The highest BCUT2D eigenvalue weighted by molar-refractivity contribution is 5.80. The predicted octanol–water partition coefficient (Wildman–Crippen LogP) is 4.76. The quantitative estimate of drug-likeness (QED) is 0.598. The number of nitrogens with one attached hydrogen (secondary N) is 1. The molecule has 0 bridgehead atoms. The Hall–Kier alpha value is -1.76. The standard InChI is InChI=1S/C23H34F3N3O/c1-18-7-3-2-4-8-19(16-28(18)14-6-12-23(24,25)26)17-29(21-10-11-21)22(30)20-9-5-13-27-15-20/h2,4,16,20-21,27H,1,3,5-15,17H2/b4-2-,19-16+/t20-/m1/s1. The Labute approximate surface area is 177 Å². The molecule has 1 saturated heterocycles.